The summed E-state index contributed by atoms with van der Waals surface area (Å²) in [5, 5.41) is 8.42. The molecule has 0 amide bonds. The number of carboxylic acids is 1. The lowest BCUT2D eigenvalue weighted by atomic mass is 10.2. The van der Waals surface area contributed by atoms with Gasteiger partial charge in [0.15, 0.2) is 23.5 Å². The molecule has 0 bridgehead atoms. The third-order valence-electron chi connectivity index (χ3n) is 2.27. The van der Waals surface area contributed by atoms with Gasteiger partial charge in [0.2, 0.25) is 0 Å². The van der Waals surface area contributed by atoms with Crippen LogP contribution in [0.1, 0.15) is 12.5 Å². The zero-order valence-corrected chi connectivity index (χ0v) is 10.7. The van der Waals surface area contributed by atoms with Crippen molar-refractivity contribution >= 4 is 18.0 Å². The van der Waals surface area contributed by atoms with E-state index in [4.69, 9.17) is 9.84 Å². The van der Waals surface area contributed by atoms with Crippen LogP contribution in [0, 0.1) is 11.6 Å². The SMILES string of the molecule is COC(=O)C(C)Oc1c(F)cc(C=CC(=O)O)cc1F. The fourth-order valence-electron chi connectivity index (χ4n) is 1.35. The quantitative estimate of drug-likeness (QED) is 0.662. The Balaban J connectivity index is 3.00. The smallest absolute Gasteiger partial charge is 0.346 e. The monoisotopic (exact) mass is 286 g/mol. The standard InChI is InChI=1S/C13H12F2O5/c1-7(13(18)19-2)20-12-9(14)5-8(6-10(12)15)3-4-11(16)17/h3-7H,1-2H3,(H,16,17). The predicted octanol–water partition coefficient (Wildman–Crippen LogP) is 2.00. The van der Waals surface area contributed by atoms with Crippen LogP contribution < -0.4 is 4.74 Å². The maximum Gasteiger partial charge on any atom is 0.346 e. The van der Waals surface area contributed by atoms with Crippen molar-refractivity contribution in [3.63, 3.8) is 0 Å². The summed E-state index contributed by atoms with van der Waals surface area (Å²) in [5.41, 5.74) is 0.0143. The molecule has 0 saturated heterocycles. The molecule has 1 rings (SSSR count). The fourth-order valence-corrected chi connectivity index (χ4v) is 1.35. The highest BCUT2D eigenvalue weighted by molar-refractivity contribution is 5.85. The van der Waals surface area contributed by atoms with Crippen LogP contribution in [0.3, 0.4) is 0 Å². The van der Waals surface area contributed by atoms with Crippen molar-refractivity contribution < 1.29 is 33.0 Å². The number of esters is 1. The molecule has 7 heteroatoms. The first-order valence-electron chi connectivity index (χ1n) is 5.49. The van der Waals surface area contributed by atoms with Crippen LogP contribution in [-0.4, -0.2) is 30.3 Å². The van der Waals surface area contributed by atoms with Crippen LogP contribution in [0.2, 0.25) is 0 Å². The molecular weight excluding hydrogens is 274 g/mol. The molecule has 0 aliphatic heterocycles. The summed E-state index contributed by atoms with van der Waals surface area (Å²) >= 11 is 0. The Morgan fingerprint density at radius 3 is 2.30 bits per heavy atom. The van der Waals surface area contributed by atoms with Gasteiger partial charge < -0.3 is 14.6 Å². The Morgan fingerprint density at radius 1 is 1.30 bits per heavy atom. The molecule has 1 unspecified atom stereocenters. The van der Waals surface area contributed by atoms with Crippen molar-refractivity contribution in [3.8, 4) is 5.75 Å². The van der Waals surface area contributed by atoms with Gasteiger partial charge in [0.05, 0.1) is 7.11 Å². The van der Waals surface area contributed by atoms with Gasteiger partial charge in [0.25, 0.3) is 0 Å². The van der Waals surface area contributed by atoms with Crippen LogP contribution in [-0.2, 0) is 14.3 Å². The van der Waals surface area contributed by atoms with E-state index >= 15 is 0 Å². The third kappa shape index (κ3) is 4.04. The van der Waals surface area contributed by atoms with Gasteiger partial charge in [-0.25, -0.2) is 18.4 Å². The average molecular weight is 286 g/mol. The summed E-state index contributed by atoms with van der Waals surface area (Å²) in [7, 11) is 1.12. The molecule has 0 heterocycles. The molecule has 0 aromatic heterocycles. The Bertz CT molecular complexity index is 531. The van der Waals surface area contributed by atoms with Crippen LogP contribution in [0.25, 0.3) is 6.08 Å². The third-order valence-corrected chi connectivity index (χ3v) is 2.27. The summed E-state index contributed by atoms with van der Waals surface area (Å²) in [6.45, 7) is 1.28. The minimum absolute atomic E-state index is 0.0143. The van der Waals surface area contributed by atoms with Crippen LogP contribution in [0.5, 0.6) is 5.75 Å². The van der Waals surface area contributed by atoms with E-state index in [0.717, 1.165) is 31.4 Å². The number of carboxylic acid groups (broad SMARTS) is 1. The number of hydrogen-bond acceptors (Lipinski definition) is 4. The largest absolute Gasteiger partial charge is 0.478 e. The second-order valence-corrected chi connectivity index (χ2v) is 3.77. The number of hydrogen-bond donors (Lipinski definition) is 1. The second-order valence-electron chi connectivity index (χ2n) is 3.77. The fraction of sp³-hybridized carbons (Fsp3) is 0.231. The van der Waals surface area contributed by atoms with Crippen LogP contribution >= 0.6 is 0 Å². The molecule has 0 aliphatic rings. The van der Waals surface area contributed by atoms with E-state index in [0.29, 0.717) is 0 Å². The van der Waals surface area contributed by atoms with Gasteiger partial charge in [0, 0.05) is 6.08 Å². The zero-order chi connectivity index (χ0) is 15.3. The van der Waals surface area contributed by atoms with Gasteiger partial charge in [-0.15, -0.1) is 0 Å². The van der Waals surface area contributed by atoms with E-state index in [1.165, 1.54) is 6.92 Å². The second kappa shape index (κ2) is 6.65. The summed E-state index contributed by atoms with van der Waals surface area (Å²) < 4.78 is 36.5. The molecule has 0 fully saturated rings. The average Bonchev–Trinajstić information content (AvgIpc) is 2.39. The molecule has 1 aromatic rings. The normalized spacial score (nSPS) is 12.2. The van der Waals surface area contributed by atoms with E-state index in [9.17, 15) is 18.4 Å². The molecule has 0 radical (unpaired) electrons. The summed E-state index contributed by atoms with van der Waals surface area (Å²) in [5.74, 6) is -4.85. The zero-order valence-electron chi connectivity index (χ0n) is 10.7. The molecule has 0 aliphatic carbocycles. The van der Waals surface area contributed by atoms with E-state index in [1.807, 2.05) is 0 Å². The van der Waals surface area contributed by atoms with Crippen LogP contribution in [0.4, 0.5) is 8.78 Å². The molecule has 0 saturated carbocycles. The molecular formula is C13H12F2O5. The van der Waals surface area contributed by atoms with E-state index in [1.54, 1.807) is 0 Å². The number of halogens is 2. The van der Waals surface area contributed by atoms with Crippen molar-refractivity contribution in [2.75, 3.05) is 7.11 Å². The summed E-state index contributed by atoms with van der Waals surface area (Å²) in [4.78, 5) is 21.4. The van der Waals surface area contributed by atoms with Crippen molar-refractivity contribution in [2.45, 2.75) is 13.0 Å². The number of methoxy groups -OCH3 is 1. The number of aliphatic carboxylic acids is 1. The molecule has 5 nitrogen and oxygen atoms in total. The first-order chi connectivity index (χ1) is 9.35. The van der Waals surface area contributed by atoms with E-state index in [-0.39, 0.29) is 5.56 Å². The van der Waals surface area contributed by atoms with Crippen molar-refractivity contribution in [1.82, 2.24) is 0 Å². The van der Waals surface area contributed by atoms with Gasteiger partial charge in [-0.1, -0.05) is 0 Å². The first-order valence-corrected chi connectivity index (χ1v) is 5.49. The highest BCUT2D eigenvalue weighted by Crippen LogP contribution is 2.25. The maximum absolute atomic E-state index is 13.7. The maximum atomic E-state index is 13.7. The Morgan fingerprint density at radius 2 is 1.85 bits per heavy atom. The van der Waals surface area contributed by atoms with E-state index in [2.05, 4.69) is 4.74 Å². The number of ether oxygens (including phenoxy) is 2. The molecule has 20 heavy (non-hydrogen) atoms. The Hall–Kier alpha value is -2.44. The first kappa shape index (κ1) is 15.6. The minimum atomic E-state index is -1.24. The lowest BCUT2D eigenvalue weighted by molar-refractivity contribution is -0.148. The van der Waals surface area contributed by atoms with Crippen molar-refractivity contribution in [1.29, 1.82) is 0 Å². The van der Waals surface area contributed by atoms with Gasteiger partial charge in [-0.3, -0.25) is 0 Å². The van der Waals surface area contributed by atoms with Gasteiger partial charge in [-0.2, -0.15) is 0 Å². The Kier molecular flexibility index (Phi) is 5.19. The highest BCUT2D eigenvalue weighted by Gasteiger charge is 2.20. The molecule has 0 spiro atoms. The lowest BCUT2D eigenvalue weighted by Gasteiger charge is -2.14. The van der Waals surface area contributed by atoms with Crippen molar-refractivity contribution in [3.05, 3.63) is 35.4 Å². The lowest BCUT2D eigenvalue weighted by Crippen LogP contribution is -2.25. The molecule has 108 valence electrons. The summed E-state index contributed by atoms with van der Waals surface area (Å²) in [6, 6.07) is 1.78. The summed E-state index contributed by atoms with van der Waals surface area (Å²) in [6.07, 6.45) is 0.595. The minimum Gasteiger partial charge on any atom is -0.478 e. The van der Waals surface area contributed by atoms with Gasteiger partial charge >= 0.3 is 11.9 Å². The highest BCUT2D eigenvalue weighted by atomic mass is 19.1. The van der Waals surface area contributed by atoms with Gasteiger partial charge in [0.1, 0.15) is 0 Å². The van der Waals surface area contributed by atoms with Crippen LogP contribution in [0.15, 0.2) is 18.2 Å². The predicted molar refractivity (Wildman–Crippen MR) is 65.1 cm³/mol. The van der Waals surface area contributed by atoms with E-state index < -0.39 is 35.4 Å². The molecule has 1 N–H and O–H groups in total. The number of rotatable bonds is 5. The van der Waals surface area contributed by atoms with Crippen molar-refractivity contribution in [2.24, 2.45) is 0 Å². The topological polar surface area (TPSA) is 72.8 Å². The van der Waals surface area contributed by atoms with Gasteiger partial charge in [-0.05, 0) is 30.7 Å². The number of carbonyl (C=O) groups excluding carboxylic acids is 1. The molecule has 1 atom stereocenters. The Labute approximate surface area is 113 Å². The molecule has 1 aromatic carbocycles. The number of carbonyl (C=O) groups is 2. The number of benzene rings is 1.